The van der Waals surface area contributed by atoms with Crippen LogP contribution in [0.25, 0.3) is 11.0 Å². The maximum atomic E-state index is 12.0. The number of hydrogen-bond donors (Lipinski definition) is 1. The molecule has 1 N–H and O–H groups in total. The molecular weight excluding hydrogens is 244 g/mol. The van der Waals surface area contributed by atoms with Crippen LogP contribution < -0.4 is 5.32 Å². The number of amides is 1. The zero-order valence-electron chi connectivity index (χ0n) is 10.5. The molecule has 0 spiro atoms. The fourth-order valence-electron chi connectivity index (χ4n) is 1.87. The molecule has 0 aliphatic heterocycles. The molecule has 3 rings (SSSR count). The van der Waals surface area contributed by atoms with E-state index in [-0.39, 0.29) is 11.6 Å². The fourth-order valence-corrected chi connectivity index (χ4v) is 1.87. The van der Waals surface area contributed by atoms with Crippen LogP contribution in [0.1, 0.15) is 10.5 Å². The summed E-state index contributed by atoms with van der Waals surface area (Å²) in [6.45, 7) is 0. The number of para-hydroxylation sites is 2. The van der Waals surface area contributed by atoms with Crippen molar-refractivity contribution in [2.75, 3.05) is 5.32 Å². The SMILES string of the molecule is Cn1cc(C(=O)Nc2nc3ccccc3n2C)nn1. The van der Waals surface area contributed by atoms with E-state index in [2.05, 4.69) is 20.6 Å². The van der Waals surface area contributed by atoms with Crippen LogP contribution in [-0.4, -0.2) is 30.5 Å². The van der Waals surface area contributed by atoms with Gasteiger partial charge in [-0.25, -0.2) is 4.98 Å². The van der Waals surface area contributed by atoms with Gasteiger partial charge < -0.3 is 4.57 Å². The minimum atomic E-state index is -0.327. The van der Waals surface area contributed by atoms with Crippen LogP contribution in [0.15, 0.2) is 30.5 Å². The lowest BCUT2D eigenvalue weighted by Gasteiger charge is -2.02. The van der Waals surface area contributed by atoms with E-state index >= 15 is 0 Å². The second-order valence-corrected chi connectivity index (χ2v) is 4.21. The molecule has 1 aromatic carbocycles. The van der Waals surface area contributed by atoms with Crippen molar-refractivity contribution in [3.05, 3.63) is 36.2 Å². The summed E-state index contributed by atoms with van der Waals surface area (Å²) in [5, 5.41) is 10.2. The quantitative estimate of drug-likeness (QED) is 0.740. The van der Waals surface area contributed by atoms with E-state index in [1.807, 2.05) is 35.9 Å². The number of rotatable bonds is 2. The largest absolute Gasteiger partial charge is 0.313 e. The second kappa shape index (κ2) is 4.20. The Morgan fingerprint density at radius 1 is 1.26 bits per heavy atom. The van der Waals surface area contributed by atoms with E-state index < -0.39 is 0 Å². The van der Waals surface area contributed by atoms with Crippen LogP contribution in [0, 0.1) is 0 Å². The highest BCUT2D eigenvalue weighted by molar-refractivity contribution is 6.02. The van der Waals surface area contributed by atoms with Crippen LogP contribution >= 0.6 is 0 Å². The van der Waals surface area contributed by atoms with E-state index in [4.69, 9.17) is 0 Å². The first-order valence-corrected chi connectivity index (χ1v) is 5.74. The first-order valence-electron chi connectivity index (χ1n) is 5.74. The minimum Gasteiger partial charge on any atom is -0.313 e. The molecule has 19 heavy (non-hydrogen) atoms. The molecule has 0 atom stereocenters. The van der Waals surface area contributed by atoms with Crippen molar-refractivity contribution in [3.8, 4) is 0 Å². The first kappa shape index (κ1) is 11.4. The van der Waals surface area contributed by atoms with Gasteiger partial charge in [-0.3, -0.25) is 14.8 Å². The van der Waals surface area contributed by atoms with Crippen LogP contribution in [-0.2, 0) is 14.1 Å². The molecule has 0 fully saturated rings. The molecule has 2 aromatic heterocycles. The standard InChI is InChI=1S/C12H12N6O/c1-17-7-9(15-16-17)11(19)14-12-13-8-5-3-4-6-10(8)18(12)2/h3-7H,1-2H3,(H,13,14,19). The number of carbonyl (C=O) groups is 1. The lowest BCUT2D eigenvalue weighted by atomic mass is 10.3. The van der Waals surface area contributed by atoms with Crippen LogP contribution in [0.2, 0.25) is 0 Å². The highest BCUT2D eigenvalue weighted by Gasteiger charge is 2.14. The number of hydrogen-bond acceptors (Lipinski definition) is 4. The van der Waals surface area contributed by atoms with Gasteiger partial charge in [0.15, 0.2) is 5.69 Å². The predicted molar refractivity (Wildman–Crippen MR) is 69.7 cm³/mol. The fraction of sp³-hybridized carbons (Fsp3) is 0.167. The molecule has 0 saturated carbocycles. The Labute approximate surface area is 108 Å². The van der Waals surface area contributed by atoms with Gasteiger partial charge in [0.05, 0.1) is 17.2 Å². The molecule has 0 bridgehead atoms. The van der Waals surface area contributed by atoms with Crippen molar-refractivity contribution in [1.82, 2.24) is 24.5 Å². The molecule has 7 heteroatoms. The number of carbonyl (C=O) groups excluding carboxylic acids is 1. The van der Waals surface area contributed by atoms with Gasteiger partial charge in [0.1, 0.15) is 0 Å². The predicted octanol–water partition coefficient (Wildman–Crippen LogP) is 0.954. The molecule has 0 aliphatic rings. The number of benzene rings is 1. The normalized spacial score (nSPS) is 10.8. The van der Waals surface area contributed by atoms with Gasteiger partial charge in [-0.2, -0.15) is 0 Å². The lowest BCUT2D eigenvalue weighted by molar-refractivity contribution is 0.102. The summed E-state index contributed by atoms with van der Waals surface area (Å²) >= 11 is 0. The van der Waals surface area contributed by atoms with Crippen LogP contribution in [0.4, 0.5) is 5.95 Å². The van der Waals surface area contributed by atoms with Crippen molar-refractivity contribution in [2.24, 2.45) is 14.1 Å². The number of fused-ring (bicyclic) bond motifs is 1. The van der Waals surface area contributed by atoms with Crippen molar-refractivity contribution >= 4 is 22.9 Å². The summed E-state index contributed by atoms with van der Waals surface area (Å²) in [6.07, 6.45) is 1.55. The number of nitrogens with zero attached hydrogens (tertiary/aromatic N) is 5. The molecule has 96 valence electrons. The average molecular weight is 256 g/mol. The average Bonchev–Trinajstić information content (AvgIpc) is 2.96. The van der Waals surface area contributed by atoms with E-state index in [0.29, 0.717) is 5.95 Å². The van der Waals surface area contributed by atoms with Gasteiger partial charge in [0.2, 0.25) is 5.95 Å². The number of nitrogens with one attached hydrogen (secondary N) is 1. The van der Waals surface area contributed by atoms with E-state index in [1.165, 1.54) is 4.68 Å². The zero-order chi connectivity index (χ0) is 13.4. The lowest BCUT2D eigenvalue weighted by Crippen LogP contribution is -2.15. The van der Waals surface area contributed by atoms with E-state index in [1.54, 1.807) is 13.2 Å². The third-order valence-electron chi connectivity index (χ3n) is 2.85. The molecule has 1 amide bonds. The smallest absolute Gasteiger partial charge is 0.280 e. The number of aryl methyl sites for hydroxylation is 2. The summed E-state index contributed by atoms with van der Waals surface area (Å²) in [5.74, 6) is 0.156. The molecule has 2 heterocycles. The summed E-state index contributed by atoms with van der Waals surface area (Å²) in [7, 11) is 3.56. The summed E-state index contributed by atoms with van der Waals surface area (Å²) < 4.78 is 3.30. The highest BCUT2D eigenvalue weighted by atomic mass is 16.2. The Morgan fingerprint density at radius 3 is 2.74 bits per heavy atom. The van der Waals surface area contributed by atoms with Gasteiger partial charge in [-0.15, -0.1) is 5.10 Å². The Balaban J connectivity index is 1.93. The Morgan fingerprint density at radius 2 is 2.05 bits per heavy atom. The highest BCUT2D eigenvalue weighted by Crippen LogP contribution is 2.17. The summed E-state index contributed by atoms with van der Waals surface area (Å²) in [6, 6.07) is 7.68. The summed E-state index contributed by atoms with van der Waals surface area (Å²) in [4.78, 5) is 16.3. The second-order valence-electron chi connectivity index (χ2n) is 4.21. The van der Waals surface area contributed by atoms with Gasteiger partial charge in [0.25, 0.3) is 5.91 Å². The molecule has 0 aliphatic carbocycles. The van der Waals surface area contributed by atoms with Gasteiger partial charge >= 0.3 is 0 Å². The van der Waals surface area contributed by atoms with Gasteiger partial charge in [-0.05, 0) is 12.1 Å². The van der Waals surface area contributed by atoms with Crippen molar-refractivity contribution in [1.29, 1.82) is 0 Å². The Kier molecular flexibility index (Phi) is 2.52. The monoisotopic (exact) mass is 256 g/mol. The van der Waals surface area contributed by atoms with Crippen molar-refractivity contribution in [2.45, 2.75) is 0 Å². The Bertz CT molecular complexity index is 757. The number of imidazole rings is 1. The number of aromatic nitrogens is 5. The van der Waals surface area contributed by atoms with Crippen molar-refractivity contribution in [3.63, 3.8) is 0 Å². The van der Waals surface area contributed by atoms with E-state index in [9.17, 15) is 4.79 Å². The van der Waals surface area contributed by atoms with Gasteiger partial charge in [-0.1, -0.05) is 17.3 Å². The topological polar surface area (TPSA) is 77.6 Å². The minimum absolute atomic E-state index is 0.259. The molecule has 3 aromatic rings. The van der Waals surface area contributed by atoms with Gasteiger partial charge in [0, 0.05) is 14.1 Å². The summed E-state index contributed by atoms with van der Waals surface area (Å²) in [5.41, 5.74) is 2.05. The van der Waals surface area contributed by atoms with Crippen LogP contribution in [0.5, 0.6) is 0 Å². The molecule has 0 unspecified atom stereocenters. The third kappa shape index (κ3) is 1.95. The first-order chi connectivity index (χ1) is 9.15. The van der Waals surface area contributed by atoms with Crippen molar-refractivity contribution < 1.29 is 4.79 Å². The molecule has 0 saturated heterocycles. The van der Waals surface area contributed by atoms with E-state index in [0.717, 1.165) is 11.0 Å². The third-order valence-corrected chi connectivity index (χ3v) is 2.85. The zero-order valence-corrected chi connectivity index (χ0v) is 10.5. The maximum Gasteiger partial charge on any atom is 0.280 e. The van der Waals surface area contributed by atoms with Crippen LogP contribution in [0.3, 0.4) is 0 Å². The maximum absolute atomic E-state index is 12.0. The molecule has 0 radical (unpaired) electrons. The Hall–Kier alpha value is -2.70. The molecular formula is C12H12N6O. The molecule has 7 nitrogen and oxygen atoms in total. The number of anilines is 1.